The maximum Gasteiger partial charge on any atom is 0.235 e. The first-order chi connectivity index (χ1) is 12.7. The van der Waals surface area contributed by atoms with Crippen LogP contribution in [0.5, 0.6) is 0 Å². The number of benzene rings is 2. The molecule has 2 aromatic carbocycles. The number of amides is 1. The highest BCUT2D eigenvalue weighted by atomic mass is 32.2. The van der Waals surface area contributed by atoms with Gasteiger partial charge in [0.2, 0.25) is 5.91 Å². The van der Waals surface area contributed by atoms with Crippen molar-refractivity contribution in [1.82, 2.24) is 9.88 Å². The minimum absolute atomic E-state index is 0.0450. The molecule has 0 N–H and O–H groups in total. The maximum atomic E-state index is 12.8. The zero-order chi connectivity index (χ0) is 17.9. The molecule has 3 aromatic rings. The molecule has 1 aromatic heterocycles. The first-order valence-electron chi connectivity index (χ1n) is 9.06. The Morgan fingerprint density at radius 3 is 2.54 bits per heavy atom. The molecule has 0 aliphatic carbocycles. The van der Waals surface area contributed by atoms with Crippen LogP contribution in [0.2, 0.25) is 0 Å². The minimum atomic E-state index is -0.0450. The van der Waals surface area contributed by atoms with Gasteiger partial charge in [-0.1, -0.05) is 30.3 Å². The number of likely N-dealkylation sites (tertiary alicyclic amines) is 1. The van der Waals surface area contributed by atoms with Crippen LogP contribution in [0.3, 0.4) is 0 Å². The molecule has 1 fully saturated rings. The van der Waals surface area contributed by atoms with Gasteiger partial charge >= 0.3 is 0 Å². The smallest absolute Gasteiger partial charge is 0.235 e. The van der Waals surface area contributed by atoms with E-state index in [9.17, 15) is 4.79 Å². The van der Waals surface area contributed by atoms with Crippen LogP contribution < -0.4 is 0 Å². The molecule has 1 amide bonds. The van der Waals surface area contributed by atoms with Gasteiger partial charge in [0.25, 0.3) is 0 Å². The molecular weight excluding hydrogens is 360 g/mol. The molecule has 1 aliphatic rings. The molecule has 0 radical (unpaired) electrons. The maximum absolute atomic E-state index is 12.8. The molecule has 0 saturated carbocycles. The quantitative estimate of drug-likeness (QED) is 0.583. The van der Waals surface area contributed by atoms with Gasteiger partial charge in [-0.15, -0.1) is 23.1 Å². The summed E-state index contributed by atoms with van der Waals surface area (Å²) in [7, 11) is 0. The number of aromatic nitrogens is 1. The number of fused-ring (bicyclic) bond motifs is 1. The number of carbonyl (C=O) groups is 1. The van der Waals surface area contributed by atoms with E-state index >= 15 is 0 Å². The van der Waals surface area contributed by atoms with Gasteiger partial charge in [-0.3, -0.25) is 4.79 Å². The van der Waals surface area contributed by atoms with Crippen LogP contribution >= 0.6 is 23.1 Å². The second kappa shape index (κ2) is 7.80. The van der Waals surface area contributed by atoms with E-state index in [0.717, 1.165) is 36.3 Å². The molecule has 1 saturated heterocycles. The number of hydrogen-bond acceptors (Lipinski definition) is 4. The van der Waals surface area contributed by atoms with Crippen molar-refractivity contribution in [1.29, 1.82) is 0 Å². The molecule has 1 unspecified atom stereocenters. The second-order valence-corrected chi connectivity index (χ2v) is 9.17. The molecule has 134 valence electrons. The number of carbonyl (C=O) groups excluding carboxylic acids is 1. The number of thiazole rings is 1. The fraction of sp³-hybridized carbons (Fsp3) is 0.333. The number of hydrogen-bond donors (Lipinski definition) is 0. The fourth-order valence-electron chi connectivity index (χ4n) is 3.42. The summed E-state index contributed by atoms with van der Waals surface area (Å²) in [6.07, 6.45) is 2.02. The molecule has 1 aliphatic heterocycles. The third-order valence-corrected chi connectivity index (χ3v) is 7.17. The fourth-order valence-corrected chi connectivity index (χ4v) is 5.53. The average Bonchev–Trinajstić information content (AvgIpc) is 3.12. The van der Waals surface area contributed by atoms with Crippen molar-refractivity contribution in [3.05, 3.63) is 59.6 Å². The van der Waals surface area contributed by atoms with Gasteiger partial charge in [0, 0.05) is 23.9 Å². The van der Waals surface area contributed by atoms with E-state index in [0.29, 0.717) is 5.92 Å². The number of nitrogens with zero attached hydrogens (tertiary/aromatic N) is 2. The highest BCUT2D eigenvalue weighted by Crippen LogP contribution is 2.34. The lowest BCUT2D eigenvalue weighted by atomic mass is 9.97. The Labute approximate surface area is 162 Å². The largest absolute Gasteiger partial charge is 0.342 e. The van der Waals surface area contributed by atoms with Crippen molar-refractivity contribution < 1.29 is 4.79 Å². The van der Waals surface area contributed by atoms with E-state index in [1.165, 1.54) is 9.71 Å². The average molecular weight is 383 g/mol. The Morgan fingerprint density at radius 1 is 1.12 bits per heavy atom. The number of thioether (sulfide) groups is 1. The van der Waals surface area contributed by atoms with E-state index in [1.54, 1.807) is 23.1 Å². The van der Waals surface area contributed by atoms with Gasteiger partial charge in [-0.25, -0.2) is 4.98 Å². The topological polar surface area (TPSA) is 33.2 Å². The predicted octanol–water partition coefficient (Wildman–Crippen LogP) is 5.18. The molecule has 3 nitrogen and oxygen atoms in total. The van der Waals surface area contributed by atoms with Crippen molar-refractivity contribution in [2.75, 3.05) is 13.1 Å². The van der Waals surface area contributed by atoms with E-state index in [2.05, 4.69) is 30.3 Å². The molecule has 1 atom stereocenters. The molecule has 4 rings (SSSR count). The van der Waals surface area contributed by atoms with Gasteiger partial charge in [0.15, 0.2) is 0 Å². The second-order valence-electron chi connectivity index (χ2n) is 6.69. The Bertz CT molecular complexity index is 852. The molecule has 0 bridgehead atoms. The lowest BCUT2D eigenvalue weighted by molar-refractivity contribution is -0.131. The van der Waals surface area contributed by atoms with Crippen molar-refractivity contribution in [2.24, 2.45) is 0 Å². The van der Waals surface area contributed by atoms with Crippen LogP contribution in [0.1, 0.15) is 30.7 Å². The zero-order valence-electron chi connectivity index (χ0n) is 14.8. The van der Waals surface area contributed by atoms with Gasteiger partial charge < -0.3 is 4.90 Å². The number of rotatable bonds is 4. The normalized spacial score (nSPS) is 16.7. The Morgan fingerprint density at radius 2 is 1.81 bits per heavy atom. The zero-order valence-corrected chi connectivity index (χ0v) is 16.4. The Balaban J connectivity index is 1.36. The summed E-state index contributed by atoms with van der Waals surface area (Å²) < 4.78 is 1.26. The lowest BCUT2D eigenvalue weighted by Gasteiger charge is -2.32. The molecule has 5 heteroatoms. The van der Waals surface area contributed by atoms with Gasteiger partial charge in [-0.05, 0) is 44.0 Å². The molecular formula is C21H22N2OS2. The third-order valence-electron chi connectivity index (χ3n) is 4.87. The SMILES string of the molecule is CC(Sc1ccccc1)C(=O)N1CCC(c2nc3ccccc3s2)CC1. The lowest BCUT2D eigenvalue weighted by Crippen LogP contribution is -2.41. The van der Waals surface area contributed by atoms with Gasteiger partial charge in [-0.2, -0.15) is 0 Å². The van der Waals surface area contributed by atoms with Crippen molar-refractivity contribution in [2.45, 2.75) is 35.8 Å². The molecule has 0 spiro atoms. The molecule has 26 heavy (non-hydrogen) atoms. The van der Waals surface area contributed by atoms with Crippen LogP contribution in [0.15, 0.2) is 59.5 Å². The monoisotopic (exact) mass is 382 g/mol. The summed E-state index contributed by atoms with van der Waals surface area (Å²) in [6.45, 7) is 3.68. The van der Waals surface area contributed by atoms with Crippen molar-refractivity contribution >= 4 is 39.2 Å². The molecule has 2 heterocycles. The van der Waals surface area contributed by atoms with E-state index in [1.807, 2.05) is 36.1 Å². The predicted molar refractivity (Wildman–Crippen MR) is 110 cm³/mol. The van der Waals surface area contributed by atoms with E-state index in [-0.39, 0.29) is 11.2 Å². The van der Waals surface area contributed by atoms with Gasteiger partial charge in [0.1, 0.15) is 0 Å². The summed E-state index contributed by atoms with van der Waals surface area (Å²) in [4.78, 5) is 20.8. The van der Waals surface area contributed by atoms with Crippen LogP contribution in [-0.2, 0) is 4.79 Å². The van der Waals surface area contributed by atoms with Gasteiger partial charge in [0.05, 0.1) is 20.5 Å². The standard InChI is InChI=1S/C21H22N2OS2/c1-15(25-17-7-3-2-4-8-17)21(24)23-13-11-16(12-14-23)20-22-18-9-5-6-10-19(18)26-20/h2-10,15-16H,11-14H2,1H3. The Hall–Kier alpha value is -1.85. The third kappa shape index (κ3) is 3.79. The summed E-state index contributed by atoms with van der Waals surface area (Å²) in [5.41, 5.74) is 1.10. The summed E-state index contributed by atoms with van der Waals surface area (Å²) in [5.74, 6) is 0.732. The highest BCUT2D eigenvalue weighted by Gasteiger charge is 2.28. The number of para-hydroxylation sites is 1. The highest BCUT2D eigenvalue weighted by molar-refractivity contribution is 8.00. The first-order valence-corrected chi connectivity index (χ1v) is 10.8. The van der Waals surface area contributed by atoms with Crippen LogP contribution in [0, 0.1) is 0 Å². The van der Waals surface area contributed by atoms with Crippen LogP contribution in [0.4, 0.5) is 0 Å². The van der Waals surface area contributed by atoms with E-state index in [4.69, 9.17) is 4.98 Å². The van der Waals surface area contributed by atoms with Crippen molar-refractivity contribution in [3.63, 3.8) is 0 Å². The minimum Gasteiger partial charge on any atom is -0.342 e. The van der Waals surface area contributed by atoms with Crippen molar-refractivity contribution in [3.8, 4) is 0 Å². The summed E-state index contributed by atoms with van der Waals surface area (Å²) in [6, 6.07) is 18.5. The van der Waals surface area contributed by atoms with E-state index < -0.39 is 0 Å². The van der Waals surface area contributed by atoms with Crippen LogP contribution in [-0.4, -0.2) is 34.1 Å². The summed E-state index contributed by atoms with van der Waals surface area (Å²) >= 11 is 3.45. The summed E-state index contributed by atoms with van der Waals surface area (Å²) in [5, 5.41) is 1.18. The number of piperidine rings is 1. The first kappa shape index (κ1) is 17.6. The van der Waals surface area contributed by atoms with Crippen LogP contribution in [0.25, 0.3) is 10.2 Å². The Kier molecular flexibility index (Phi) is 5.27.